The fourth-order valence-electron chi connectivity index (χ4n) is 1.65. The van der Waals surface area contributed by atoms with Gasteiger partial charge < -0.3 is 15.2 Å². The highest BCUT2D eigenvalue weighted by Gasteiger charge is 2.07. The van der Waals surface area contributed by atoms with Crippen LogP contribution in [0.15, 0.2) is 47.4 Å². The van der Waals surface area contributed by atoms with Crippen molar-refractivity contribution in [3.63, 3.8) is 0 Å². The highest BCUT2D eigenvalue weighted by Crippen LogP contribution is 2.17. The minimum Gasteiger partial charge on any atom is -0.378 e. The van der Waals surface area contributed by atoms with E-state index in [4.69, 9.17) is 0 Å². The number of amides is 1. The van der Waals surface area contributed by atoms with Gasteiger partial charge in [0.2, 0.25) is 5.56 Å². The van der Waals surface area contributed by atoms with Crippen LogP contribution in [-0.4, -0.2) is 25.0 Å². The van der Waals surface area contributed by atoms with Crippen LogP contribution in [0.5, 0.6) is 0 Å². The average molecular weight is 257 g/mol. The largest absolute Gasteiger partial charge is 0.378 e. The Morgan fingerprint density at radius 2 is 2.00 bits per heavy atom. The lowest BCUT2D eigenvalue weighted by molar-refractivity contribution is 0.102. The van der Waals surface area contributed by atoms with E-state index in [1.807, 2.05) is 37.2 Å². The highest BCUT2D eigenvalue weighted by molar-refractivity contribution is 6.04. The van der Waals surface area contributed by atoms with Crippen LogP contribution in [0.2, 0.25) is 0 Å². The molecule has 0 bridgehead atoms. The molecule has 1 amide bonds. The summed E-state index contributed by atoms with van der Waals surface area (Å²) in [7, 11) is 3.86. The van der Waals surface area contributed by atoms with E-state index in [2.05, 4.69) is 10.3 Å². The summed E-state index contributed by atoms with van der Waals surface area (Å²) in [5.41, 5.74) is 1.72. The van der Waals surface area contributed by atoms with Gasteiger partial charge in [0.25, 0.3) is 5.91 Å². The highest BCUT2D eigenvalue weighted by atomic mass is 16.2. The van der Waals surface area contributed by atoms with Gasteiger partial charge in [0, 0.05) is 43.3 Å². The summed E-state index contributed by atoms with van der Waals surface area (Å²) in [5.74, 6) is -0.304. The molecule has 1 aromatic heterocycles. The molecule has 1 aromatic carbocycles. The third-order valence-corrected chi connectivity index (χ3v) is 2.66. The van der Waals surface area contributed by atoms with Crippen LogP contribution in [0.3, 0.4) is 0 Å². The monoisotopic (exact) mass is 257 g/mol. The summed E-state index contributed by atoms with van der Waals surface area (Å²) in [6.07, 6.45) is 1.45. The quantitative estimate of drug-likeness (QED) is 0.879. The van der Waals surface area contributed by atoms with Crippen LogP contribution in [0, 0.1) is 0 Å². The number of hydrogen-bond acceptors (Lipinski definition) is 3. The van der Waals surface area contributed by atoms with Gasteiger partial charge in [-0.2, -0.15) is 0 Å². The number of hydrogen-bond donors (Lipinski definition) is 2. The van der Waals surface area contributed by atoms with E-state index >= 15 is 0 Å². The first-order chi connectivity index (χ1) is 9.06. The number of benzene rings is 1. The third kappa shape index (κ3) is 3.22. The van der Waals surface area contributed by atoms with Crippen LogP contribution in [-0.2, 0) is 0 Å². The van der Waals surface area contributed by atoms with Gasteiger partial charge in [-0.15, -0.1) is 0 Å². The fraction of sp³-hybridized carbons (Fsp3) is 0.143. The second-order valence-corrected chi connectivity index (χ2v) is 4.34. The van der Waals surface area contributed by atoms with Crippen molar-refractivity contribution in [1.82, 2.24) is 4.98 Å². The fourth-order valence-corrected chi connectivity index (χ4v) is 1.65. The molecular formula is C14H15N3O2. The van der Waals surface area contributed by atoms with Gasteiger partial charge in [-0.05, 0) is 24.3 Å². The van der Waals surface area contributed by atoms with Gasteiger partial charge in [0.05, 0.1) is 0 Å². The molecule has 0 radical (unpaired) electrons. The van der Waals surface area contributed by atoms with Gasteiger partial charge >= 0.3 is 0 Å². The topological polar surface area (TPSA) is 65.2 Å². The molecule has 0 atom stereocenters. The molecule has 0 saturated heterocycles. The molecule has 2 rings (SSSR count). The van der Waals surface area contributed by atoms with Crippen molar-refractivity contribution < 1.29 is 4.79 Å². The molecular weight excluding hydrogens is 242 g/mol. The van der Waals surface area contributed by atoms with E-state index in [-0.39, 0.29) is 11.5 Å². The van der Waals surface area contributed by atoms with Gasteiger partial charge in [0.1, 0.15) is 0 Å². The molecule has 0 saturated carbocycles. The van der Waals surface area contributed by atoms with Crippen LogP contribution >= 0.6 is 0 Å². The molecule has 19 heavy (non-hydrogen) atoms. The molecule has 5 heteroatoms. The first kappa shape index (κ1) is 12.9. The summed E-state index contributed by atoms with van der Waals surface area (Å²) in [6, 6.07) is 10.3. The van der Waals surface area contributed by atoms with Gasteiger partial charge in [-0.3, -0.25) is 9.59 Å². The predicted molar refractivity (Wildman–Crippen MR) is 75.8 cm³/mol. The Morgan fingerprint density at radius 1 is 1.21 bits per heavy atom. The molecule has 0 spiro atoms. The second-order valence-electron chi connectivity index (χ2n) is 4.34. The van der Waals surface area contributed by atoms with Crippen LogP contribution in [0.4, 0.5) is 11.4 Å². The number of H-pyrrole nitrogens is 1. The Labute approximate surface area is 110 Å². The summed E-state index contributed by atoms with van der Waals surface area (Å²) in [4.78, 5) is 27.5. The van der Waals surface area contributed by atoms with Gasteiger partial charge in [-0.1, -0.05) is 6.07 Å². The van der Waals surface area contributed by atoms with E-state index in [9.17, 15) is 9.59 Å². The molecule has 0 aliphatic rings. The van der Waals surface area contributed by atoms with Gasteiger partial charge in [-0.25, -0.2) is 0 Å². The molecule has 1 heterocycles. The van der Waals surface area contributed by atoms with Crippen molar-refractivity contribution in [3.8, 4) is 0 Å². The maximum absolute atomic E-state index is 12.0. The van der Waals surface area contributed by atoms with Crippen molar-refractivity contribution in [2.75, 3.05) is 24.3 Å². The molecule has 2 aromatic rings. The number of carbonyl (C=O) groups is 1. The van der Waals surface area contributed by atoms with Gasteiger partial charge in [0.15, 0.2) is 0 Å². The number of carbonyl (C=O) groups excluding carboxylic acids is 1. The number of anilines is 2. The zero-order valence-corrected chi connectivity index (χ0v) is 10.8. The van der Waals surface area contributed by atoms with Crippen LogP contribution in [0.1, 0.15) is 10.4 Å². The van der Waals surface area contributed by atoms with Crippen molar-refractivity contribution in [2.45, 2.75) is 0 Å². The van der Waals surface area contributed by atoms with E-state index in [1.54, 1.807) is 12.1 Å². The zero-order chi connectivity index (χ0) is 13.8. The number of rotatable bonds is 3. The van der Waals surface area contributed by atoms with E-state index in [1.165, 1.54) is 12.3 Å². The van der Waals surface area contributed by atoms with E-state index in [0.29, 0.717) is 11.3 Å². The Bertz CT molecular complexity index is 647. The predicted octanol–water partition coefficient (Wildman–Crippen LogP) is 1.69. The number of pyridine rings is 1. The van der Waals surface area contributed by atoms with Crippen molar-refractivity contribution in [3.05, 3.63) is 58.5 Å². The summed E-state index contributed by atoms with van der Waals surface area (Å²) < 4.78 is 0. The molecule has 0 aliphatic carbocycles. The minimum absolute atomic E-state index is 0.297. The first-order valence-electron chi connectivity index (χ1n) is 5.84. The lowest BCUT2D eigenvalue weighted by Crippen LogP contribution is -2.16. The van der Waals surface area contributed by atoms with E-state index < -0.39 is 0 Å². The minimum atomic E-state index is -0.304. The number of aromatic nitrogens is 1. The van der Waals surface area contributed by atoms with Crippen LogP contribution in [0.25, 0.3) is 0 Å². The standard InChI is InChI=1S/C14H15N3O2/c1-17(2)12-5-3-4-11(9-12)16-14(19)10-6-7-15-13(18)8-10/h3-9H,1-2H3,(H,15,18)(H,16,19). The van der Waals surface area contributed by atoms with E-state index in [0.717, 1.165) is 5.69 Å². The Balaban J connectivity index is 2.19. The molecule has 5 nitrogen and oxygen atoms in total. The third-order valence-electron chi connectivity index (χ3n) is 2.66. The Hall–Kier alpha value is -2.56. The maximum atomic E-state index is 12.0. The number of nitrogens with zero attached hydrogens (tertiary/aromatic N) is 1. The van der Waals surface area contributed by atoms with Crippen molar-refractivity contribution in [1.29, 1.82) is 0 Å². The summed E-state index contributed by atoms with van der Waals surface area (Å²) in [5, 5.41) is 2.76. The lowest BCUT2D eigenvalue weighted by Gasteiger charge is -2.14. The number of aromatic amines is 1. The average Bonchev–Trinajstić information content (AvgIpc) is 2.39. The van der Waals surface area contributed by atoms with Crippen LogP contribution < -0.4 is 15.8 Å². The summed E-state index contributed by atoms with van der Waals surface area (Å²) in [6.45, 7) is 0. The smallest absolute Gasteiger partial charge is 0.255 e. The molecule has 0 fully saturated rings. The molecule has 98 valence electrons. The summed E-state index contributed by atoms with van der Waals surface area (Å²) >= 11 is 0. The zero-order valence-electron chi connectivity index (χ0n) is 10.8. The molecule has 0 aliphatic heterocycles. The molecule has 2 N–H and O–H groups in total. The first-order valence-corrected chi connectivity index (χ1v) is 5.84. The Morgan fingerprint density at radius 3 is 2.68 bits per heavy atom. The SMILES string of the molecule is CN(C)c1cccc(NC(=O)c2cc[nH]c(=O)c2)c1. The lowest BCUT2D eigenvalue weighted by atomic mass is 10.2. The Kier molecular flexibility index (Phi) is 3.66. The van der Waals surface area contributed by atoms with Crippen molar-refractivity contribution >= 4 is 17.3 Å². The second kappa shape index (κ2) is 5.39. The maximum Gasteiger partial charge on any atom is 0.255 e. The number of nitrogens with one attached hydrogen (secondary N) is 2. The molecule has 0 unspecified atom stereocenters. The normalized spacial score (nSPS) is 10.0. The van der Waals surface area contributed by atoms with Crippen molar-refractivity contribution in [2.24, 2.45) is 0 Å².